The van der Waals surface area contributed by atoms with Crippen LogP contribution in [0.5, 0.6) is 0 Å². The fourth-order valence-electron chi connectivity index (χ4n) is 5.77. The van der Waals surface area contributed by atoms with E-state index in [9.17, 15) is 14.4 Å². The van der Waals surface area contributed by atoms with Gasteiger partial charge < -0.3 is 10.3 Å². The predicted molar refractivity (Wildman–Crippen MR) is 147 cm³/mol. The molecular weight excluding hydrogens is 476 g/mol. The largest absolute Gasteiger partial charge is 0.356 e. The van der Waals surface area contributed by atoms with Gasteiger partial charge in [0, 0.05) is 35.1 Å². The zero-order valence-electron chi connectivity index (χ0n) is 21.5. The fourth-order valence-corrected chi connectivity index (χ4v) is 5.77. The number of carbonyl (C=O) groups is 3. The van der Waals surface area contributed by atoms with Crippen LogP contribution in [0.3, 0.4) is 0 Å². The van der Waals surface area contributed by atoms with Crippen molar-refractivity contribution in [1.29, 1.82) is 0 Å². The second-order valence-corrected chi connectivity index (χ2v) is 10.1. The first-order valence-corrected chi connectivity index (χ1v) is 13.2. The summed E-state index contributed by atoms with van der Waals surface area (Å²) < 4.78 is 0. The summed E-state index contributed by atoms with van der Waals surface area (Å²) in [6.07, 6.45) is 2.36. The molecule has 2 unspecified atom stereocenters. The third kappa shape index (κ3) is 3.77. The molecule has 6 rings (SSSR count). The van der Waals surface area contributed by atoms with Crippen LogP contribution in [0.4, 0.5) is 10.5 Å². The second-order valence-electron chi connectivity index (χ2n) is 10.1. The maximum atomic E-state index is 14.0. The molecule has 1 fully saturated rings. The number of imide groups is 1. The summed E-state index contributed by atoms with van der Waals surface area (Å²) in [4.78, 5) is 46.9. The zero-order chi connectivity index (χ0) is 26.4. The van der Waals surface area contributed by atoms with Crippen molar-refractivity contribution in [3.8, 4) is 0 Å². The Morgan fingerprint density at radius 2 is 1.74 bits per heavy atom. The van der Waals surface area contributed by atoms with E-state index in [-0.39, 0.29) is 17.8 Å². The van der Waals surface area contributed by atoms with Crippen molar-refractivity contribution in [2.24, 2.45) is 0 Å². The number of aromatic nitrogens is 1. The van der Waals surface area contributed by atoms with Gasteiger partial charge in [0.15, 0.2) is 0 Å². The third-order valence-corrected chi connectivity index (χ3v) is 7.74. The van der Waals surface area contributed by atoms with Gasteiger partial charge in [-0.2, -0.15) is 0 Å². The Balaban J connectivity index is 1.39. The molecule has 2 aliphatic rings. The number of anilines is 1. The molecule has 192 valence electrons. The smallest absolute Gasteiger partial charge is 0.332 e. The van der Waals surface area contributed by atoms with Crippen LogP contribution in [-0.2, 0) is 11.2 Å². The minimum Gasteiger partial charge on any atom is -0.356 e. The number of H-pyrrole nitrogens is 1. The summed E-state index contributed by atoms with van der Waals surface area (Å²) in [6, 6.07) is 21.4. The van der Waals surface area contributed by atoms with Crippen LogP contribution in [-0.4, -0.2) is 40.3 Å². The van der Waals surface area contributed by atoms with Crippen molar-refractivity contribution >= 4 is 34.4 Å². The Bertz CT molecular complexity index is 1560. The van der Waals surface area contributed by atoms with Crippen LogP contribution in [0.25, 0.3) is 10.9 Å². The maximum absolute atomic E-state index is 14.0. The van der Waals surface area contributed by atoms with Crippen LogP contribution in [0.2, 0.25) is 0 Å². The summed E-state index contributed by atoms with van der Waals surface area (Å²) in [5, 5.41) is 3.98. The molecule has 2 aliphatic heterocycles. The molecule has 0 bridgehead atoms. The average Bonchev–Trinajstić information content (AvgIpc) is 3.42. The Morgan fingerprint density at radius 3 is 2.50 bits per heavy atom. The number of urea groups is 1. The van der Waals surface area contributed by atoms with E-state index in [2.05, 4.69) is 23.3 Å². The minimum absolute atomic E-state index is 0.161. The number of unbranched alkanes of at least 4 members (excludes halogenated alkanes) is 1. The number of nitrogens with zero attached hydrogens (tertiary/aromatic N) is 2. The molecule has 2 atom stereocenters. The molecular formula is C31H30N4O3. The molecule has 7 nitrogen and oxygen atoms in total. The van der Waals surface area contributed by atoms with Crippen LogP contribution >= 0.6 is 0 Å². The molecule has 4 aromatic rings. The predicted octanol–water partition coefficient (Wildman–Crippen LogP) is 5.49. The number of aryl methyl sites for hydroxylation is 1. The Morgan fingerprint density at radius 1 is 1.00 bits per heavy atom. The number of fused-ring (bicyclic) bond motifs is 4. The van der Waals surface area contributed by atoms with Crippen LogP contribution in [0.1, 0.15) is 58.5 Å². The Hall–Kier alpha value is -4.39. The maximum Gasteiger partial charge on any atom is 0.332 e. The van der Waals surface area contributed by atoms with E-state index in [1.807, 2.05) is 49.4 Å². The highest BCUT2D eigenvalue weighted by atomic mass is 16.2. The highest BCUT2D eigenvalue weighted by Crippen LogP contribution is 2.45. The van der Waals surface area contributed by atoms with E-state index in [0.29, 0.717) is 24.2 Å². The molecule has 2 N–H and O–H groups in total. The third-order valence-electron chi connectivity index (χ3n) is 7.74. The molecule has 0 saturated carbocycles. The number of carbonyl (C=O) groups excluding carboxylic acids is 3. The van der Waals surface area contributed by atoms with E-state index in [1.165, 1.54) is 4.90 Å². The van der Waals surface area contributed by atoms with Gasteiger partial charge in [0.1, 0.15) is 12.1 Å². The number of hydrogen-bond donors (Lipinski definition) is 2. The van der Waals surface area contributed by atoms with Crippen molar-refractivity contribution in [2.75, 3.05) is 11.4 Å². The Kier molecular flexibility index (Phi) is 5.98. The summed E-state index contributed by atoms with van der Waals surface area (Å²) in [5.74, 6) is -0.406. The number of hydrogen-bond acceptors (Lipinski definition) is 3. The normalized spacial score (nSPS) is 18.6. The van der Waals surface area contributed by atoms with Crippen LogP contribution < -0.4 is 10.2 Å². The van der Waals surface area contributed by atoms with E-state index in [1.54, 1.807) is 29.2 Å². The summed E-state index contributed by atoms with van der Waals surface area (Å²) in [5.41, 5.74) is 6.06. The molecule has 3 heterocycles. The molecule has 1 saturated heterocycles. The molecule has 1 aromatic heterocycles. The SMILES string of the molecule is CCCCNC(=O)c1ccc(N2C(=O)C3Cc4c([nH]c5ccccc45)C(c4ccccc4C)N3C2=O)cc1. The monoisotopic (exact) mass is 506 g/mol. The fraction of sp³-hybridized carbons (Fsp3) is 0.258. The van der Waals surface area contributed by atoms with Crippen molar-refractivity contribution < 1.29 is 14.4 Å². The topological polar surface area (TPSA) is 85.5 Å². The van der Waals surface area contributed by atoms with E-state index < -0.39 is 12.1 Å². The lowest BCUT2D eigenvalue weighted by atomic mass is 9.87. The van der Waals surface area contributed by atoms with Crippen molar-refractivity contribution in [3.05, 3.63) is 101 Å². The number of rotatable bonds is 6. The van der Waals surface area contributed by atoms with Crippen LogP contribution in [0, 0.1) is 6.92 Å². The molecule has 0 spiro atoms. The second kappa shape index (κ2) is 9.49. The van der Waals surface area contributed by atoms with E-state index in [4.69, 9.17) is 0 Å². The van der Waals surface area contributed by atoms with Gasteiger partial charge in [0.2, 0.25) is 0 Å². The van der Waals surface area contributed by atoms with Crippen molar-refractivity contribution in [1.82, 2.24) is 15.2 Å². The van der Waals surface area contributed by atoms with Gasteiger partial charge in [-0.15, -0.1) is 0 Å². The van der Waals surface area contributed by atoms with Crippen molar-refractivity contribution in [3.63, 3.8) is 0 Å². The number of aromatic amines is 1. The summed E-state index contributed by atoms with van der Waals surface area (Å²) in [6.45, 7) is 4.72. The zero-order valence-corrected chi connectivity index (χ0v) is 21.5. The first kappa shape index (κ1) is 24.0. The van der Waals surface area contributed by atoms with Gasteiger partial charge in [0.05, 0.1) is 5.69 Å². The Labute approximate surface area is 221 Å². The van der Waals surface area contributed by atoms with Gasteiger partial charge in [-0.05, 0) is 60.4 Å². The van der Waals surface area contributed by atoms with Gasteiger partial charge >= 0.3 is 6.03 Å². The quantitative estimate of drug-likeness (QED) is 0.268. The highest BCUT2D eigenvalue weighted by molar-refractivity contribution is 6.22. The lowest BCUT2D eigenvalue weighted by Crippen LogP contribution is -2.44. The first-order valence-electron chi connectivity index (χ1n) is 13.2. The summed E-state index contributed by atoms with van der Waals surface area (Å²) in [7, 11) is 0. The lowest BCUT2D eigenvalue weighted by molar-refractivity contribution is -0.120. The molecule has 3 aromatic carbocycles. The first-order chi connectivity index (χ1) is 18.5. The molecule has 38 heavy (non-hydrogen) atoms. The lowest BCUT2D eigenvalue weighted by Gasteiger charge is -2.36. The molecule has 0 radical (unpaired) electrons. The minimum atomic E-state index is -0.615. The molecule has 7 heteroatoms. The van der Waals surface area contributed by atoms with Gasteiger partial charge in [-0.3, -0.25) is 14.5 Å². The number of benzene rings is 3. The standard InChI is InChI=1S/C31H30N4O3/c1-3-4-17-32-29(36)20-13-15-21(16-14-20)34-30(37)26-18-24-23-11-7-8-12-25(23)33-27(24)28(35(26)31(34)38)22-10-6-5-9-19(22)2/h5-16,26,28,33H,3-4,17-18H2,1-2H3,(H,32,36). The highest BCUT2D eigenvalue weighted by Gasteiger charge is 2.53. The van der Waals surface area contributed by atoms with Gasteiger partial charge in [0.25, 0.3) is 11.8 Å². The van der Waals surface area contributed by atoms with E-state index >= 15 is 0 Å². The van der Waals surface area contributed by atoms with Crippen molar-refractivity contribution in [2.45, 2.75) is 45.2 Å². The molecule has 4 amide bonds. The van der Waals surface area contributed by atoms with E-state index in [0.717, 1.165) is 46.1 Å². The number of amides is 4. The summed E-state index contributed by atoms with van der Waals surface area (Å²) >= 11 is 0. The number of para-hydroxylation sites is 1. The molecule has 0 aliphatic carbocycles. The van der Waals surface area contributed by atoms with Gasteiger partial charge in [-0.25, -0.2) is 9.69 Å². The van der Waals surface area contributed by atoms with Crippen LogP contribution in [0.15, 0.2) is 72.8 Å². The van der Waals surface area contributed by atoms with Gasteiger partial charge in [-0.1, -0.05) is 55.8 Å². The number of nitrogens with one attached hydrogen (secondary N) is 2. The average molecular weight is 507 g/mol.